The number of sulfonamides is 1. The van der Waals surface area contributed by atoms with Crippen molar-refractivity contribution in [2.24, 2.45) is 0 Å². The van der Waals surface area contributed by atoms with E-state index in [0.717, 1.165) is 0 Å². The molecule has 0 radical (unpaired) electrons. The predicted molar refractivity (Wildman–Crippen MR) is 87.7 cm³/mol. The fourth-order valence-electron chi connectivity index (χ4n) is 2.40. The molecule has 1 aromatic carbocycles. The summed E-state index contributed by atoms with van der Waals surface area (Å²) in [5, 5.41) is 0.470. The number of amides is 1. The summed E-state index contributed by atoms with van der Waals surface area (Å²) < 4.78 is 30.3. The molecule has 3 rings (SSSR count). The van der Waals surface area contributed by atoms with E-state index in [1.165, 1.54) is 6.07 Å². The molecular weight excluding hydrogens is 330 g/mol. The van der Waals surface area contributed by atoms with E-state index >= 15 is 0 Å². The van der Waals surface area contributed by atoms with Crippen LogP contribution in [0, 0.1) is 13.8 Å². The van der Waals surface area contributed by atoms with Gasteiger partial charge in [-0.3, -0.25) is 15.2 Å². The monoisotopic (exact) mass is 345 g/mol. The lowest BCUT2D eigenvalue weighted by Gasteiger charge is -2.10. The van der Waals surface area contributed by atoms with Gasteiger partial charge in [-0.1, -0.05) is 6.07 Å². The molecule has 0 bridgehead atoms. The van der Waals surface area contributed by atoms with E-state index in [-0.39, 0.29) is 10.5 Å². The Morgan fingerprint density at radius 1 is 1.17 bits per heavy atom. The highest BCUT2D eigenvalue weighted by Gasteiger charge is 2.20. The average Bonchev–Trinajstić information content (AvgIpc) is 2.90. The highest BCUT2D eigenvalue weighted by molar-refractivity contribution is 7.89. The van der Waals surface area contributed by atoms with Gasteiger partial charge < -0.3 is 4.42 Å². The van der Waals surface area contributed by atoms with E-state index in [2.05, 4.69) is 15.2 Å². The Hall–Kier alpha value is -2.71. The van der Waals surface area contributed by atoms with Crippen molar-refractivity contribution in [3.05, 3.63) is 59.7 Å². The third-order valence-electron chi connectivity index (χ3n) is 3.48. The van der Waals surface area contributed by atoms with Crippen molar-refractivity contribution in [2.75, 3.05) is 0 Å². The second-order valence-corrected chi connectivity index (χ2v) is 6.86. The topological polar surface area (TPSA) is 101 Å². The molecule has 0 unspecified atom stereocenters. The minimum absolute atomic E-state index is 0.0356. The number of pyridine rings is 1. The zero-order valence-electron chi connectivity index (χ0n) is 13.0. The molecule has 0 saturated carbocycles. The van der Waals surface area contributed by atoms with Crippen molar-refractivity contribution < 1.29 is 17.6 Å². The van der Waals surface area contributed by atoms with E-state index in [9.17, 15) is 13.2 Å². The number of nitrogens with zero attached hydrogens (tertiary/aromatic N) is 1. The molecule has 124 valence electrons. The number of carbonyl (C=O) groups excluding carboxylic acids is 1. The minimum Gasteiger partial charge on any atom is -0.466 e. The molecule has 2 N–H and O–H groups in total. The summed E-state index contributed by atoms with van der Waals surface area (Å²) in [5.41, 5.74) is 3.02. The molecule has 2 aromatic heterocycles. The first-order valence-electron chi connectivity index (χ1n) is 7.11. The molecule has 0 fully saturated rings. The van der Waals surface area contributed by atoms with Crippen LogP contribution in [-0.2, 0) is 10.0 Å². The Kier molecular flexibility index (Phi) is 4.08. The number of hydrazine groups is 1. The first-order chi connectivity index (χ1) is 11.4. The summed E-state index contributed by atoms with van der Waals surface area (Å²) in [4.78, 5) is 18.4. The average molecular weight is 345 g/mol. The molecule has 0 aliphatic carbocycles. The highest BCUT2D eigenvalue weighted by atomic mass is 32.2. The Morgan fingerprint density at radius 3 is 2.67 bits per heavy atom. The molecule has 1 amide bonds. The van der Waals surface area contributed by atoms with Crippen molar-refractivity contribution in [3.8, 4) is 0 Å². The number of benzene rings is 1. The van der Waals surface area contributed by atoms with Crippen LogP contribution in [0.1, 0.15) is 21.9 Å². The molecule has 2 heterocycles. The lowest BCUT2D eigenvalue weighted by molar-refractivity contribution is 0.0943. The van der Waals surface area contributed by atoms with E-state index < -0.39 is 15.9 Å². The maximum Gasteiger partial charge on any atom is 0.269 e. The van der Waals surface area contributed by atoms with Crippen molar-refractivity contribution >= 4 is 26.8 Å². The van der Waals surface area contributed by atoms with Crippen LogP contribution >= 0.6 is 0 Å². The number of hydrogen-bond donors (Lipinski definition) is 2. The first kappa shape index (κ1) is 16.2. The molecular formula is C16H15N3O4S. The highest BCUT2D eigenvalue weighted by Crippen LogP contribution is 2.20. The van der Waals surface area contributed by atoms with Gasteiger partial charge in [0.1, 0.15) is 11.5 Å². The number of fused-ring (bicyclic) bond motifs is 1. The maximum atomic E-state index is 12.5. The number of hydrogen-bond acceptors (Lipinski definition) is 5. The molecule has 0 spiro atoms. The fraction of sp³-hybridized carbons (Fsp3) is 0.125. The van der Waals surface area contributed by atoms with Crippen LogP contribution in [0.15, 0.2) is 51.9 Å². The van der Waals surface area contributed by atoms with Crippen LogP contribution in [-0.4, -0.2) is 19.3 Å². The standard InChI is InChI=1S/C16H15N3O4S/c1-10-9-13(11(2)23-10)16(20)18-19-24(21,22)15-7-3-6-14-12(15)5-4-8-17-14/h3-9,19H,1-2H3,(H,18,20). The number of aromatic nitrogens is 1. The molecule has 0 aliphatic rings. The zero-order chi connectivity index (χ0) is 17.3. The van der Waals surface area contributed by atoms with Gasteiger partial charge in [0.05, 0.1) is 16.0 Å². The van der Waals surface area contributed by atoms with Gasteiger partial charge in [0.25, 0.3) is 15.9 Å². The Labute approximate surface area is 138 Å². The van der Waals surface area contributed by atoms with Crippen molar-refractivity contribution in [3.63, 3.8) is 0 Å². The molecule has 0 saturated heterocycles. The number of carbonyl (C=O) groups is 1. The third-order valence-corrected chi connectivity index (χ3v) is 4.79. The SMILES string of the molecule is Cc1cc(C(=O)NNS(=O)(=O)c2cccc3ncccc23)c(C)o1. The molecule has 0 aliphatic heterocycles. The summed E-state index contributed by atoms with van der Waals surface area (Å²) in [6, 6.07) is 9.60. The van der Waals surface area contributed by atoms with E-state index in [0.29, 0.717) is 22.4 Å². The van der Waals surface area contributed by atoms with Crippen LogP contribution in [0.25, 0.3) is 10.9 Å². The Morgan fingerprint density at radius 2 is 1.96 bits per heavy atom. The number of rotatable bonds is 4. The fourth-order valence-corrected chi connectivity index (χ4v) is 3.46. The Bertz CT molecular complexity index is 1020. The summed E-state index contributed by atoms with van der Waals surface area (Å²) in [6.07, 6.45) is 1.58. The van der Waals surface area contributed by atoms with Gasteiger partial charge in [-0.2, -0.15) is 0 Å². The third kappa shape index (κ3) is 3.01. The predicted octanol–water partition coefficient (Wildman–Crippen LogP) is 2.07. The molecule has 3 aromatic rings. The van der Waals surface area contributed by atoms with Crippen molar-refractivity contribution in [2.45, 2.75) is 18.7 Å². The number of nitrogens with one attached hydrogen (secondary N) is 2. The van der Waals surface area contributed by atoms with Gasteiger partial charge >= 0.3 is 0 Å². The van der Waals surface area contributed by atoms with Crippen LogP contribution < -0.4 is 10.3 Å². The number of aryl methyl sites for hydroxylation is 2. The maximum absolute atomic E-state index is 12.5. The second-order valence-electron chi connectivity index (χ2n) is 5.21. The lowest BCUT2D eigenvalue weighted by atomic mass is 10.2. The van der Waals surface area contributed by atoms with Gasteiger partial charge in [0.2, 0.25) is 0 Å². The summed E-state index contributed by atoms with van der Waals surface area (Å²) >= 11 is 0. The summed E-state index contributed by atoms with van der Waals surface area (Å²) in [5.74, 6) is 0.394. The van der Waals surface area contributed by atoms with Crippen LogP contribution in [0.3, 0.4) is 0 Å². The largest absolute Gasteiger partial charge is 0.466 e. The molecule has 7 nitrogen and oxygen atoms in total. The van der Waals surface area contributed by atoms with Gasteiger partial charge in [-0.05, 0) is 44.2 Å². The van der Waals surface area contributed by atoms with Gasteiger partial charge in [-0.15, -0.1) is 4.83 Å². The van der Waals surface area contributed by atoms with Crippen LogP contribution in [0.2, 0.25) is 0 Å². The lowest BCUT2D eigenvalue weighted by Crippen LogP contribution is -2.41. The quantitative estimate of drug-likeness (QED) is 0.705. The van der Waals surface area contributed by atoms with Crippen molar-refractivity contribution in [1.82, 2.24) is 15.2 Å². The molecule has 24 heavy (non-hydrogen) atoms. The van der Waals surface area contributed by atoms with Gasteiger partial charge in [0, 0.05) is 11.6 Å². The minimum atomic E-state index is -3.95. The van der Waals surface area contributed by atoms with Gasteiger partial charge in [-0.25, -0.2) is 8.42 Å². The smallest absolute Gasteiger partial charge is 0.269 e. The first-order valence-corrected chi connectivity index (χ1v) is 8.60. The van der Waals surface area contributed by atoms with Crippen molar-refractivity contribution in [1.29, 1.82) is 0 Å². The van der Waals surface area contributed by atoms with Crippen LogP contribution in [0.4, 0.5) is 0 Å². The van der Waals surface area contributed by atoms with E-state index in [1.807, 2.05) is 0 Å². The Balaban J connectivity index is 1.86. The normalized spacial score (nSPS) is 11.6. The van der Waals surface area contributed by atoms with E-state index in [4.69, 9.17) is 4.42 Å². The molecule has 8 heteroatoms. The van der Waals surface area contributed by atoms with Gasteiger partial charge in [0.15, 0.2) is 0 Å². The second kappa shape index (κ2) is 6.06. The number of furan rings is 1. The summed E-state index contributed by atoms with van der Waals surface area (Å²) in [7, 11) is -3.95. The van der Waals surface area contributed by atoms with E-state index in [1.54, 1.807) is 50.4 Å². The summed E-state index contributed by atoms with van der Waals surface area (Å²) in [6.45, 7) is 3.34. The van der Waals surface area contributed by atoms with Crippen LogP contribution in [0.5, 0.6) is 0 Å². The molecule has 0 atom stereocenters. The zero-order valence-corrected chi connectivity index (χ0v) is 13.8.